The van der Waals surface area contributed by atoms with Gasteiger partial charge in [-0.3, -0.25) is 4.79 Å². The Balaban J connectivity index is 2.33. The van der Waals surface area contributed by atoms with Crippen molar-refractivity contribution in [2.75, 3.05) is 18.2 Å². The van der Waals surface area contributed by atoms with E-state index >= 15 is 0 Å². The number of methoxy groups -OCH3 is 1. The van der Waals surface area contributed by atoms with Crippen molar-refractivity contribution in [3.63, 3.8) is 0 Å². The molecule has 0 aliphatic rings. The van der Waals surface area contributed by atoms with E-state index in [1.165, 1.54) is 19.2 Å². The summed E-state index contributed by atoms with van der Waals surface area (Å²) in [6.45, 7) is 1.84. The van der Waals surface area contributed by atoms with Gasteiger partial charge >= 0.3 is 0 Å². The molecule has 0 aliphatic heterocycles. The summed E-state index contributed by atoms with van der Waals surface area (Å²) in [7, 11) is 1.51. The number of nitrogens with one attached hydrogen (secondary N) is 1. The van der Waals surface area contributed by atoms with Crippen LogP contribution in [0.3, 0.4) is 0 Å². The molecule has 2 rings (SSSR count). The lowest BCUT2D eigenvalue weighted by molar-refractivity contribution is 0.102. The maximum atomic E-state index is 13.4. The standard InChI is InChI=1S/C15H14BrFN2O2/c1-8-5-10(16)7-13(21-2)14(8)19-15(20)9-3-4-12(18)11(17)6-9/h3-7H,18H2,1-2H3,(H,19,20). The predicted octanol–water partition coefficient (Wildman–Crippen LogP) is 3.74. The Morgan fingerprint density at radius 2 is 2.05 bits per heavy atom. The lowest BCUT2D eigenvalue weighted by atomic mass is 10.1. The van der Waals surface area contributed by atoms with Gasteiger partial charge in [0.05, 0.1) is 18.5 Å². The van der Waals surface area contributed by atoms with Gasteiger partial charge < -0.3 is 15.8 Å². The molecule has 2 aromatic rings. The zero-order valence-corrected chi connectivity index (χ0v) is 13.1. The largest absolute Gasteiger partial charge is 0.495 e. The van der Waals surface area contributed by atoms with Crippen LogP contribution in [0.2, 0.25) is 0 Å². The monoisotopic (exact) mass is 352 g/mol. The van der Waals surface area contributed by atoms with E-state index in [9.17, 15) is 9.18 Å². The van der Waals surface area contributed by atoms with Gasteiger partial charge in [0.15, 0.2) is 0 Å². The van der Waals surface area contributed by atoms with Gasteiger partial charge in [0.1, 0.15) is 11.6 Å². The summed E-state index contributed by atoms with van der Waals surface area (Å²) in [5.74, 6) is -0.536. The SMILES string of the molecule is COc1cc(Br)cc(C)c1NC(=O)c1ccc(N)c(F)c1. The number of nitrogens with two attached hydrogens (primary N) is 1. The van der Waals surface area contributed by atoms with Crippen LogP contribution < -0.4 is 15.8 Å². The maximum Gasteiger partial charge on any atom is 0.255 e. The first kappa shape index (κ1) is 15.3. The second-order valence-electron chi connectivity index (χ2n) is 4.49. The van der Waals surface area contributed by atoms with Gasteiger partial charge in [0, 0.05) is 10.0 Å². The van der Waals surface area contributed by atoms with Gasteiger partial charge in [0.2, 0.25) is 0 Å². The Kier molecular flexibility index (Phi) is 4.47. The fourth-order valence-electron chi connectivity index (χ4n) is 1.89. The fourth-order valence-corrected chi connectivity index (χ4v) is 2.44. The van der Waals surface area contributed by atoms with Gasteiger partial charge in [0.25, 0.3) is 5.91 Å². The van der Waals surface area contributed by atoms with Crippen molar-refractivity contribution in [2.24, 2.45) is 0 Å². The minimum atomic E-state index is -0.623. The number of hydrogen-bond acceptors (Lipinski definition) is 3. The molecule has 0 aromatic heterocycles. The first-order chi connectivity index (χ1) is 9.92. The molecule has 21 heavy (non-hydrogen) atoms. The van der Waals surface area contributed by atoms with Crippen LogP contribution >= 0.6 is 15.9 Å². The number of benzene rings is 2. The number of rotatable bonds is 3. The topological polar surface area (TPSA) is 64.3 Å². The molecular weight excluding hydrogens is 339 g/mol. The van der Waals surface area contributed by atoms with Crippen molar-refractivity contribution in [3.05, 3.63) is 51.7 Å². The highest BCUT2D eigenvalue weighted by Crippen LogP contribution is 2.32. The average Bonchev–Trinajstić information content (AvgIpc) is 2.44. The molecular formula is C15H14BrFN2O2. The third-order valence-corrected chi connectivity index (χ3v) is 3.44. The van der Waals surface area contributed by atoms with Crippen molar-refractivity contribution in [2.45, 2.75) is 6.92 Å². The van der Waals surface area contributed by atoms with Crippen LogP contribution in [0.5, 0.6) is 5.75 Å². The number of carbonyl (C=O) groups excluding carboxylic acids is 1. The molecule has 0 saturated heterocycles. The van der Waals surface area contributed by atoms with E-state index < -0.39 is 11.7 Å². The number of carbonyl (C=O) groups is 1. The van der Waals surface area contributed by atoms with E-state index in [2.05, 4.69) is 21.2 Å². The molecule has 0 heterocycles. The van der Waals surface area contributed by atoms with Gasteiger partial charge in [-0.2, -0.15) is 0 Å². The summed E-state index contributed by atoms with van der Waals surface area (Å²) < 4.78 is 19.5. The Labute approximate surface area is 130 Å². The molecule has 2 aromatic carbocycles. The first-order valence-corrected chi connectivity index (χ1v) is 6.92. The van der Waals surface area contributed by atoms with Gasteiger partial charge in [-0.1, -0.05) is 15.9 Å². The smallest absolute Gasteiger partial charge is 0.255 e. The number of nitrogen functional groups attached to an aromatic ring is 1. The summed E-state index contributed by atoms with van der Waals surface area (Å²) in [6, 6.07) is 7.52. The number of amides is 1. The Morgan fingerprint density at radius 1 is 1.33 bits per heavy atom. The number of aryl methyl sites for hydroxylation is 1. The zero-order valence-electron chi connectivity index (χ0n) is 11.5. The van der Waals surface area contributed by atoms with Crippen LogP contribution in [-0.2, 0) is 0 Å². The molecule has 0 aliphatic carbocycles. The van der Waals surface area contributed by atoms with Crippen molar-refractivity contribution in [1.82, 2.24) is 0 Å². The lowest BCUT2D eigenvalue weighted by Gasteiger charge is -2.14. The number of ether oxygens (including phenoxy) is 1. The average molecular weight is 353 g/mol. The molecule has 110 valence electrons. The second-order valence-corrected chi connectivity index (χ2v) is 5.41. The van der Waals surface area contributed by atoms with Crippen LogP contribution in [0.1, 0.15) is 15.9 Å². The minimum absolute atomic E-state index is 0.00366. The molecule has 0 radical (unpaired) electrons. The Hall–Kier alpha value is -2.08. The van der Waals surface area contributed by atoms with Crippen molar-refractivity contribution >= 4 is 33.2 Å². The quantitative estimate of drug-likeness (QED) is 0.827. The fraction of sp³-hybridized carbons (Fsp3) is 0.133. The summed E-state index contributed by atoms with van der Waals surface area (Å²) in [5, 5.41) is 2.73. The van der Waals surface area contributed by atoms with Gasteiger partial charge in [-0.05, 0) is 42.8 Å². The minimum Gasteiger partial charge on any atom is -0.495 e. The Bertz CT molecular complexity index is 704. The highest BCUT2D eigenvalue weighted by atomic mass is 79.9. The van der Waals surface area contributed by atoms with E-state index in [4.69, 9.17) is 10.5 Å². The molecule has 6 heteroatoms. The summed E-state index contributed by atoms with van der Waals surface area (Å²) >= 11 is 3.36. The number of hydrogen-bond donors (Lipinski definition) is 2. The third-order valence-electron chi connectivity index (χ3n) is 2.99. The molecule has 0 saturated carbocycles. The molecule has 1 amide bonds. The van der Waals surface area contributed by atoms with E-state index in [0.29, 0.717) is 11.4 Å². The zero-order chi connectivity index (χ0) is 15.6. The Morgan fingerprint density at radius 3 is 2.67 bits per heavy atom. The maximum absolute atomic E-state index is 13.4. The van der Waals surface area contributed by atoms with Crippen LogP contribution in [0, 0.1) is 12.7 Å². The van der Waals surface area contributed by atoms with Crippen LogP contribution in [0.4, 0.5) is 15.8 Å². The first-order valence-electron chi connectivity index (χ1n) is 6.13. The highest BCUT2D eigenvalue weighted by molar-refractivity contribution is 9.10. The van der Waals surface area contributed by atoms with E-state index in [-0.39, 0.29) is 11.3 Å². The van der Waals surface area contributed by atoms with Crippen molar-refractivity contribution in [1.29, 1.82) is 0 Å². The van der Waals surface area contributed by atoms with Gasteiger partial charge in [-0.25, -0.2) is 4.39 Å². The molecule has 0 atom stereocenters. The molecule has 0 fully saturated rings. The normalized spacial score (nSPS) is 10.3. The molecule has 3 N–H and O–H groups in total. The van der Waals surface area contributed by atoms with E-state index in [1.807, 2.05) is 13.0 Å². The van der Waals surface area contributed by atoms with Crippen molar-refractivity contribution in [3.8, 4) is 5.75 Å². The van der Waals surface area contributed by atoms with Crippen LogP contribution in [0.25, 0.3) is 0 Å². The second kappa shape index (κ2) is 6.13. The van der Waals surface area contributed by atoms with Crippen LogP contribution in [-0.4, -0.2) is 13.0 Å². The third kappa shape index (κ3) is 3.33. The lowest BCUT2D eigenvalue weighted by Crippen LogP contribution is -2.14. The molecule has 0 spiro atoms. The van der Waals surface area contributed by atoms with E-state index in [0.717, 1.165) is 16.1 Å². The van der Waals surface area contributed by atoms with Crippen LogP contribution in [0.15, 0.2) is 34.8 Å². The summed E-state index contributed by atoms with van der Waals surface area (Å²) in [5.41, 5.74) is 6.95. The highest BCUT2D eigenvalue weighted by Gasteiger charge is 2.14. The van der Waals surface area contributed by atoms with E-state index in [1.54, 1.807) is 6.07 Å². The summed E-state index contributed by atoms with van der Waals surface area (Å²) in [6.07, 6.45) is 0. The molecule has 0 bridgehead atoms. The number of halogens is 2. The number of anilines is 2. The summed E-state index contributed by atoms with van der Waals surface area (Å²) in [4.78, 5) is 12.2. The van der Waals surface area contributed by atoms with Crippen molar-refractivity contribution < 1.29 is 13.9 Å². The van der Waals surface area contributed by atoms with Gasteiger partial charge in [-0.15, -0.1) is 0 Å². The predicted molar refractivity (Wildman–Crippen MR) is 84.2 cm³/mol. The molecule has 0 unspecified atom stereocenters. The molecule has 4 nitrogen and oxygen atoms in total.